The third kappa shape index (κ3) is 2.40. The zero-order valence-corrected chi connectivity index (χ0v) is 7.20. The van der Waals surface area contributed by atoms with E-state index in [2.05, 4.69) is 11.0 Å². The molecule has 0 heterocycles. The maximum atomic E-state index is 9.50. The molecule has 0 fully saturated rings. The summed E-state index contributed by atoms with van der Waals surface area (Å²) in [5, 5.41) is 9.50. The van der Waals surface area contributed by atoms with Gasteiger partial charge in [0.2, 0.25) is 0 Å². The summed E-state index contributed by atoms with van der Waals surface area (Å²) < 4.78 is 0. The van der Waals surface area contributed by atoms with Gasteiger partial charge in [-0.15, -0.1) is 0 Å². The van der Waals surface area contributed by atoms with Gasteiger partial charge in [-0.1, -0.05) is 18.2 Å². The predicted octanol–water partition coefficient (Wildman–Crippen LogP) is -0.531. The van der Waals surface area contributed by atoms with Gasteiger partial charge in [-0.2, -0.15) is 5.53 Å². The lowest BCUT2D eigenvalue weighted by Gasteiger charge is -2.14. The number of nitrogens with two attached hydrogens (primary N) is 2. The van der Waals surface area contributed by atoms with Crippen LogP contribution in [0, 0.1) is 0 Å². The summed E-state index contributed by atoms with van der Waals surface area (Å²) in [6.45, 7) is 0.184. The van der Waals surface area contributed by atoms with E-state index in [-0.39, 0.29) is 6.54 Å². The highest BCUT2D eigenvalue weighted by atomic mass is 16.3. The first kappa shape index (κ1) is 9.94. The normalized spacial score (nSPS) is 12.5. The van der Waals surface area contributed by atoms with Crippen LogP contribution in [0.15, 0.2) is 24.3 Å². The number of nitrogens with one attached hydrogen (secondary N) is 2. The van der Waals surface area contributed by atoms with E-state index >= 15 is 0 Å². The van der Waals surface area contributed by atoms with Crippen molar-refractivity contribution in [3.05, 3.63) is 29.8 Å². The minimum absolute atomic E-state index is 0.184. The van der Waals surface area contributed by atoms with E-state index in [9.17, 15) is 5.11 Å². The van der Waals surface area contributed by atoms with Crippen LogP contribution in [0.1, 0.15) is 11.7 Å². The van der Waals surface area contributed by atoms with Gasteiger partial charge >= 0.3 is 0 Å². The number of aliphatic hydroxyl groups is 1. The highest BCUT2D eigenvalue weighted by Crippen LogP contribution is 2.20. The van der Waals surface area contributed by atoms with Crippen LogP contribution in [-0.4, -0.2) is 11.7 Å². The molecule has 0 aliphatic rings. The van der Waals surface area contributed by atoms with Crippen LogP contribution in [0.3, 0.4) is 0 Å². The Hall–Kier alpha value is -1.14. The van der Waals surface area contributed by atoms with Gasteiger partial charge in [0.15, 0.2) is 0 Å². The van der Waals surface area contributed by atoms with Gasteiger partial charge in [-0.05, 0) is 6.07 Å². The molecule has 1 aromatic carbocycles. The summed E-state index contributed by atoms with van der Waals surface area (Å²) in [5.74, 6) is 5.10. The van der Waals surface area contributed by atoms with Crippen molar-refractivity contribution in [3.63, 3.8) is 0 Å². The molecule has 1 unspecified atom stereocenters. The summed E-state index contributed by atoms with van der Waals surface area (Å²) in [7, 11) is 0. The van der Waals surface area contributed by atoms with Gasteiger partial charge in [0.05, 0.1) is 11.8 Å². The number of rotatable bonds is 4. The van der Waals surface area contributed by atoms with Crippen molar-refractivity contribution in [2.75, 3.05) is 12.0 Å². The van der Waals surface area contributed by atoms with Crippen molar-refractivity contribution in [1.29, 1.82) is 0 Å². The topological polar surface area (TPSA) is 96.3 Å². The highest BCUT2D eigenvalue weighted by Gasteiger charge is 2.08. The molecular formula is C8H14N4O. The van der Waals surface area contributed by atoms with E-state index < -0.39 is 6.10 Å². The molecule has 0 bridgehead atoms. The molecule has 1 atom stereocenters. The van der Waals surface area contributed by atoms with Crippen molar-refractivity contribution in [1.82, 2.24) is 5.53 Å². The standard InChI is InChI=1S/C8H14N4O/c9-5-8(13)6-3-1-2-4-7(6)11-12-10/h1-4,8,11-13H,5,9-10H2. The Bertz CT molecular complexity index is 266. The fourth-order valence-electron chi connectivity index (χ4n) is 1.11. The lowest BCUT2D eigenvalue weighted by Crippen LogP contribution is -2.29. The molecule has 1 aromatic rings. The maximum Gasteiger partial charge on any atom is 0.0932 e. The van der Waals surface area contributed by atoms with Crippen LogP contribution in [0.2, 0.25) is 0 Å². The van der Waals surface area contributed by atoms with Gasteiger partial charge in [0, 0.05) is 12.1 Å². The molecule has 0 aromatic heterocycles. The first-order valence-electron chi connectivity index (χ1n) is 3.98. The summed E-state index contributed by atoms with van der Waals surface area (Å²) in [4.78, 5) is 0. The molecule has 1 rings (SSSR count). The Morgan fingerprint density at radius 2 is 2.08 bits per heavy atom. The SMILES string of the molecule is NCC(O)c1ccccc1NNN. The van der Waals surface area contributed by atoms with Crippen LogP contribution < -0.4 is 22.5 Å². The zero-order chi connectivity index (χ0) is 9.68. The number of hydrazine groups is 2. The molecule has 0 aliphatic heterocycles. The zero-order valence-electron chi connectivity index (χ0n) is 7.20. The average molecular weight is 182 g/mol. The smallest absolute Gasteiger partial charge is 0.0932 e. The number of aliphatic hydroxyl groups excluding tert-OH is 1. The molecule has 5 heteroatoms. The monoisotopic (exact) mass is 182 g/mol. The van der Waals surface area contributed by atoms with Gasteiger partial charge in [-0.3, -0.25) is 5.84 Å². The van der Waals surface area contributed by atoms with E-state index in [1.54, 1.807) is 12.1 Å². The van der Waals surface area contributed by atoms with Crippen LogP contribution >= 0.6 is 0 Å². The van der Waals surface area contributed by atoms with Crippen molar-refractivity contribution in [2.45, 2.75) is 6.10 Å². The minimum atomic E-state index is -0.669. The first-order valence-corrected chi connectivity index (χ1v) is 3.98. The largest absolute Gasteiger partial charge is 0.387 e. The highest BCUT2D eigenvalue weighted by molar-refractivity contribution is 5.51. The van der Waals surface area contributed by atoms with E-state index in [4.69, 9.17) is 11.6 Å². The second kappa shape index (κ2) is 4.78. The predicted molar refractivity (Wildman–Crippen MR) is 51.4 cm³/mol. The van der Waals surface area contributed by atoms with Gasteiger partial charge in [0.1, 0.15) is 0 Å². The third-order valence-corrected chi connectivity index (χ3v) is 1.75. The lowest BCUT2D eigenvalue weighted by molar-refractivity contribution is 0.187. The Morgan fingerprint density at radius 3 is 2.69 bits per heavy atom. The number of para-hydroxylation sites is 1. The van der Waals surface area contributed by atoms with Crippen molar-refractivity contribution < 1.29 is 5.11 Å². The third-order valence-electron chi connectivity index (χ3n) is 1.75. The van der Waals surface area contributed by atoms with Gasteiger partial charge < -0.3 is 16.3 Å². The summed E-state index contributed by atoms with van der Waals surface area (Å²) in [6.07, 6.45) is -0.669. The number of anilines is 1. The number of hydrogen-bond acceptors (Lipinski definition) is 5. The second-order valence-electron chi connectivity index (χ2n) is 2.61. The lowest BCUT2D eigenvalue weighted by atomic mass is 10.1. The molecule has 0 saturated carbocycles. The van der Waals surface area contributed by atoms with Crippen molar-refractivity contribution >= 4 is 5.69 Å². The van der Waals surface area contributed by atoms with Crippen LogP contribution in [0.25, 0.3) is 0 Å². The average Bonchev–Trinajstić information content (AvgIpc) is 2.18. The van der Waals surface area contributed by atoms with E-state index in [1.165, 1.54) is 0 Å². The number of benzene rings is 1. The van der Waals surface area contributed by atoms with Gasteiger partial charge in [0.25, 0.3) is 0 Å². The molecule has 0 amide bonds. The Kier molecular flexibility index (Phi) is 3.66. The van der Waals surface area contributed by atoms with Crippen LogP contribution in [0.4, 0.5) is 5.69 Å². The second-order valence-corrected chi connectivity index (χ2v) is 2.61. The molecule has 72 valence electrons. The minimum Gasteiger partial charge on any atom is -0.387 e. The first-order chi connectivity index (χ1) is 6.29. The van der Waals surface area contributed by atoms with E-state index in [0.29, 0.717) is 0 Å². The molecule has 0 aliphatic carbocycles. The molecule has 7 N–H and O–H groups in total. The maximum absolute atomic E-state index is 9.50. The fraction of sp³-hybridized carbons (Fsp3) is 0.250. The Labute approximate surface area is 76.7 Å². The molecular weight excluding hydrogens is 168 g/mol. The van der Waals surface area contributed by atoms with E-state index in [1.807, 2.05) is 12.1 Å². The molecule has 0 spiro atoms. The fourth-order valence-corrected chi connectivity index (χ4v) is 1.11. The van der Waals surface area contributed by atoms with Crippen LogP contribution in [-0.2, 0) is 0 Å². The summed E-state index contributed by atoms with van der Waals surface area (Å²) in [5.41, 5.74) is 11.8. The summed E-state index contributed by atoms with van der Waals surface area (Å²) >= 11 is 0. The Balaban J connectivity index is 2.90. The molecule has 0 saturated heterocycles. The Morgan fingerprint density at radius 1 is 1.38 bits per heavy atom. The van der Waals surface area contributed by atoms with Crippen molar-refractivity contribution in [2.24, 2.45) is 11.6 Å². The number of hydrogen-bond donors (Lipinski definition) is 5. The summed E-state index contributed by atoms with van der Waals surface area (Å²) in [6, 6.07) is 7.26. The molecule has 5 nitrogen and oxygen atoms in total. The molecule has 0 radical (unpaired) electrons. The quantitative estimate of drug-likeness (QED) is 0.318. The van der Waals surface area contributed by atoms with Gasteiger partial charge in [-0.25, -0.2) is 0 Å². The molecule has 13 heavy (non-hydrogen) atoms. The van der Waals surface area contributed by atoms with Crippen LogP contribution in [0.5, 0.6) is 0 Å². The van der Waals surface area contributed by atoms with E-state index in [0.717, 1.165) is 11.3 Å². The van der Waals surface area contributed by atoms with Crippen molar-refractivity contribution in [3.8, 4) is 0 Å².